The van der Waals surface area contributed by atoms with E-state index in [4.69, 9.17) is 0 Å². The molecule has 0 aromatic carbocycles. The molecule has 0 aromatic heterocycles. The summed E-state index contributed by atoms with van der Waals surface area (Å²) in [6.45, 7) is 8.94. The van der Waals surface area contributed by atoms with E-state index in [1.807, 2.05) is 0 Å². The monoisotopic (exact) mass is 210 g/mol. The summed E-state index contributed by atoms with van der Waals surface area (Å²) in [5.41, 5.74) is -0.846. The smallest absolute Gasteiger partial charge is 0.139 e. The van der Waals surface area contributed by atoms with Crippen molar-refractivity contribution in [3.63, 3.8) is 0 Å². The van der Waals surface area contributed by atoms with Crippen molar-refractivity contribution in [3.05, 3.63) is 0 Å². The highest BCUT2D eigenvalue weighted by molar-refractivity contribution is 5.09. The minimum atomic E-state index is -0.846. The maximum Gasteiger partial charge on any atom is 0.139 e. The van der Waals surface area contributed by atoms with E-state index < -0.39 is 5.60 Å². The van der Waals surface area contributed by atoms with E-state index in [9.17, 15) is 5.11 Å². The number of hydrogen-bond acceptors (Lipinski definition) is 1. The molecular weight excluding hydrogens is 186 g/mol. The molecule has 0 amide bonds. The number of piperidine rings is 1. The summed E-state index contributed by atoms with van der Waals surface area (Å²) in [6.07, 6.45) is 3.97. The molecule has 0 spiro atoms. The van der Waals surface area contributed by atoms with Gasteiger partial charge in [-0.15, -0.1) is 0 Å². The van der Waals surface area contributed by atoms with E-state index in [0.29, 0.717) is 12.1 Å². The molecule has 0 bridgehead atoms. The van der Waals surface area contributed by atoms with Gasteiger partial charge in [-0.25, -0.2) is 0 Å². The Bertz CT molecular complexity index is 246. The SMILES string of the molecule is C[C@@H]1CCC[C@@H](C)[NH+]1CC#CC(C)(C)O. The zero-order chi connectivity index (χ0) is 11.5. The fourth-order valence-corrected chi connectivity index (χ4v) is 2.30. The maximum atomic E-state index is 9.50. The predicted octanol–water partition coefficient (Wildman–Crippen LogP) is 0.607. The van der Waals surface area contributed by atoms with E-state index in [1.54, 1.807) is 18.7 Å². The summed E-state index contributed by atoms with van der Waals surface area (Å²) < 4.78 is 0. The molecule has 1 fully saturated rings. The lowest BCUT2D eigenvalue weighted by molar-refractivity contribution is -0.944. The molecule has 0 saturated carbocycles. The van der Waals surface area contributed by atoms with Crippen molar-refractivity contribution >= 4 is 0 Å². The second-order valence-corrected chi connectivity index (χ2v) is 5.35. The molecule has 2 heteroatoms. The fraction of sp³-hybridized carbons (Fsp3) is 0.846. The lowest BCUT2D eigenvalue weighted by Gasteiger charge is -2.34. The third-order valence-corrected chi connectivity index (χ3v) is 3.23. The molecule has 0 unspecified atom stereocenters. The Balaban J connectivity index is 2.51. The standard InChI is InChI=1S/C13H23NO/c1-11-7-5-8-12(2)14(11)10-6-9-13(3,4)15/h11-12,15H,5,7-8,10H2,1-4H3/p+1/t11-,12-/m1/s1. The number of aliphatic hydroxyl groups is 1. The van der Waals surface area contributed by atoms with Crippen LogP contribution in [0.5, 0.6) is 0 Å². The lowest BCUT2D eigenvalue weighted by Crippen LogP contribution is -3.19. The molecule has 1 saturated heterocycles. The van der Waals surface area contributed by atoms with Crippen LogP contribution in [0.2, 0.25) is 0 Å². The maximum absolute atomic E-state index is 9.50. The predicted molar refractivity (Wildman–Crippen MR) is 62.7 cm³/mol. The fourth-order valence-electron chi connectivity index (χ4n) is 2.30. The van der Waals surface area contributed by atoms with Gasteiger partial charge in [-0.3, -0.25) is 0 Å². The van der Waals surface area contributed by atoms with Gasteiger partial charge in [-0.2, -0.15) is 0 Å². The minimum absolute atomic E-state index is 0.713. The van der Waals surface area contributed by atoms with Crippen LogP contribution >= 0.6 is 0 Å². The highest BCUT2D eigenvalue weighted by Crippen LogP contribution is 2.06. The summed E-state index contributed by atoms with van der Waals surface area (Å²) in [6, 6.07) is 1.43. The molecule has 2 atom stereocenters. The molecule has 1 aliphatic heterocycles. The molecule has 86 valence electrons. The molecule has 15 heavy (non-hydrogen) atoms. The number of nitrogens with one attached hydrogen (secondary N) is 1. The van der Waals surface area contributed by atoms with Crippen LogP contribution in [0.3, 0.4) is 0 Å². The molecule has 1 rings (SSSR count). The quantitative estimate of drug-likeness (QED) is 0.609. The molecule has 2 N–H and O–H groups in total. The van der Waals surface area contributed by atoms with Crippen molar-refractivity contribution in [3.8, 4) is 11.8 Å². The Morgan fingerprint density at radius 1 is 1.27 bits per heavy atom. The van der Waals surface area contributed by atoms with Gasteiger partial charge in [0.25, 0.3) is 0 Å². The number of quaternary nitrogens is 1. The average Bonchev–Trinajstić information content (AvgIpc) is 2.08. The van der Waals surface area contributed by atoms with Crippen LogP contribution in [0.15, 0.2) is 0 Å². The van der Waals surface area contributed by atoms with Crippen LogP contribution < -0.4 is 4.90 Å². The Kier molecular flexibility index (Phi) is 4.19. The van der Waals surface area contributed by atoms with Crippen LogP contribution in [0.25, 0.3) is 0 Å². The van der Waals surface area contributed by atoms with Crippen molar-refractivity contribution < 1.29 is 10.0 Å². The first-order valence-electron chi connectivity index (χ1n) is 5.98. The molecule has 0 aromatic rings. The van der Waals surface area contributed by atoms with Crippen LogP contribution in [0, 0.1) is 11.8 Å². The highest BCUT2D eigenvalue weighted by atomic mass is 16.3. The van der Waals surface area contributed by atoms with E-state index >= 15 is 0 Å². The zero-order valence-corrected chi connectivity index (χ0v) is 10.4. The van der Waals surface area contributed by atoms with Crippen molar-refractivity contribution in [2.24, 2.45) is 0 Å². The van der Waals surface area contributed by atoms with Crippen LogP contribution in [-0.2, 0) is 0 Å². The van der Waals surface area contributed by atoms with E-state index in [-0.39, 0.29) is 0 Å². The summed E-state index contributed by atoms with van der Waals surface area (Å²) in [4.78, 5) is 1.58. The highest BCUT2D eigenvalue weighted by Gasteiger charge is 2.27. The molecule has 1 aliphatic rings. The first kappa shape index (κ1) is 12.5. The summed E-state index contributed by atoms with van der Waals surface area (Å²) in [5, 5.41) is 9.50. The minimum Gasteiger partial charge on any atom is -0.378 e. The normalized spacial score (nSPS) is 28.3. The van der Waals surface area contributed by atoms with Gasteiger partial charge in [0.05, 0.1) is 12.1 Å². The molecular formula is C13H24NO+. The third kappa shape index (κ3) is 4.24. The Morgan fingerprint density at radius 3 is 2.27 bits per heavy atom. The molecule has 2 nitrogen and oxygen atoms in total. The topological polar surface area (TPSA) is 24.7 Å². The van der Waals surface area contributed by atoms with Gasteiger partial charge in [0.2, 0.25) is 0 Å². The van der Waals surface area contributed by atoms with Gasteiger partial charge < -0.3 is 10.0 Å². The zero-order valence-electron chi connectivity index (χ0n) is 10.4. The molecule has 0 radical (unpaired) electrons. The van der Waals surface area contributed by atoms with Crippen molar-refractivity contribution in [2.45, 2.75) is 64.6 Å². The third-order valence-electron chi connectivity index (χ3n) is 3.23. The summed E-state index contributed by atoms with van der Waals surface area (Å²) in [5.74, 6) is 6.01. The Labute approximate surface area is 93.7 Å². The van der Waals surface area contributed by atoms with E-state index in [2.05, 4.69) is 25.7 Å². The van der Waals surface area contributed by atoms with Crippen molar-refractivity contribution in [2.75, 3.05) is 6.54 Å². The summed E-state index contributed by atoms with van der Waals surface area (Å²) >= 11 is 0. The van der Waals surface area contributed by atoms with Gasteiger partial charge in [0, 0.05) is 0 Å². The van der Waals surface area contributed by atoms with Gasteiger partial charge in [0.15, 0.2) is 0 Å². The van der Waals surface area contributed by atoms with Crippen LogP contribution in [0.1, 0.15) is 47.0 Å². The Morgan fingerprint density at radius 2 is 1.80 bits per heavy atom. The average molecular weight is 210 g/mol. The molecule has 0 aliphatic carbocycles. The van der Waals surface area contributed by atoms with Crippen molar-refractivity contribution in [1.29, 1.82) is 0 Å². The molecule has 1 heterocycles. The van der Waals surface area contributed by atoms with Crippen LogP contribution in [0.4, 0.5) is 0 Å². The number of rotatable bonds is 1. The second-order valence-electron chi connectivity index (χ2n) is 5.35. The van der Waals surface area contributed by atoms with Gasteiger partial charge in [0.1, 0.15) is 12.1 Å². The first-order chi connectivity index (χ1) is 6.90. The van der Waals surface area contributed by atoms with Gasteiger partial charge in [-0.1, -0.05) is 5.92 Å². The first-order valence-corrected chi connectivity index (χ1v) is 5.98. The second kappa shape index (κ2) is 5.01. The Hall–Kier alpha value is -0.520. The van der Waals surface area contributed by atoms with Crippen LogP contribution in [-0.4, -0.2) is 29.3 Å². The summed E-state index contributed by atoms with van der Waals surface area (Å²) in [7, 11) is 0. The lowest BCUT2D eigenvalue weighted by atomic mass is 9.97. The van der Waals surface area contributed by atoms with Gasteiger partial charge in [-0.05, 0) is 52.9 Å². The number of hydrogen-bond donors (Lipinski definition) is 2. The van der Waals surface area contributed by atoms with E-state index in [1.165, 1.54) is 19.3 Å². The number of likely N-dealkylation sites (tertiary alicyclic amines) is 1. The van der Waals surface area contributed by atoms with E-state index in [0.717, 1.165) is 6.54 Å². The van der Waals surface area contributed by atoms with Gasteiger partial charge >= 0.3 is 0 Å². The largest absolute Gasteiger partial charge is 0.378 e. The van der Waals surface area contributed by atoms with Crippen molar-refractivity contribution in [1.82, 2.24) is 0 Å².